The van der Waals surface area contributed by atoms with Crippen LogP contribution in [0.4, 0.5) is 5.69 Å². The second-order valence-electron chi connectivity index (χ2n) is 7.93. The Morgan fingerprint density at radius 3 is 2.21 bits per heavy atom. The van der Waals surface area contributed by atoms with Gasteiger partial charge in [0.1, 0.15) is 11.0 Å². The summed E-state index contributed by atoms with van der Waals surface area (Å²) >= 11 is 1.56. The molecule has 2 N–H and O–H groups in total. The number of nitrogens with one attached hydrogen (secondary N) is 2. The van der Waals surface area contributed by atoms with Gasteiger partial charge in [-0.25, -0.2) is 4.98 Å². The van der Waals surface area contributed by atoms with Gasteiger partial charge in [-0.1, -0.05) is 32.9 Å². The van der Waals surface area contributed by atoms with E-state index >= 15 is 0 Å². The Morgan fingerprint density at radius 2 is 1.66 bits per heavy atom. The molecule has 0 aliphatic heterocycles. The molecule has 150 valence electrons. The largest absolute Gasteiger partial charge is 0.341 e. The van der Waals surface area contributed by atoms with Gasteiger partial charge in [-0.2, -0.15) is 0 Å². The van der Waals surface area contributed by atoms with Crippen LogP contribution in [0.2, 0.25) is 0 Å². The van der Waals surface area contributed by atoms with Crippen molar-refractivity contribution in [2.45, 2.75) is 39.2 Å². The van der Waals surface area contributed by atoms with Gasteiger partial charge >= 0.3 is 0 Å². The molecule has 5 nitrogen and oxygen atoms in total. The molecule has 1 heterocycles. The number of carbonyl (C=O) groups excluding carboxylic acids is 2. The third kappa shape index (κ3) is 5.29. The monoisotopic (exact) mass is 407 g/mol. The number of hydrogen-bond donors (Lipinski definition) is 2. The summed E-state index contributed by atoms with van der Waals surface area (Å²) in [6, 6.07) is 14.3. The summed E-state index contributed by atoms with van der Waals surface area (Å²) in [5, 5.41) is 8.43. The van der Waals surface area contributed by atoms with Crippen LogP contribution >= 0.6 is 11.3 Å². The van der Waals surface area contributed by atoms with Crippen molar-refractivity contribution in [3.63, 3.8) is 0 Å². The predicted octanol–water partition coefficient (Wildman–Crippen LogP) is 4.86. The zero-order chi connectivity index (χ0) is 21.0. The fourth-order valence-corrected chi connectivity index (χ4v) is 3.42. The number of hydrogen-bond acceptors (Lipinski definition) is 4. The molecule has 29 heavy (non-hydrogen) atoms. The molecule has 3 aromatic rings. The number of rotatable bonds is 5. The molecule has 0 spiro atoms. The Kier molecular flexibility index (Phi) is 6.13. The Balaban J connectivity index is 1.58. The van der Waals surface area contributed by atoms with Gasteiger partial charge < -0.3 is 10.6 Å². The van der Waals surface area contributed by atoms with Crippen LogP contribution in [-0.4, -0.2) is 22.8 Å². The topological polar surface area (TPSA) is 71.1 Å². The van der Waals surface area contributed by atoms with E-state index in [2.05, 4.69) is 36.4 Å². The highest BCUT2D eigenvalue weighted by Gasteiger charge is 2.18. The van der Waals surface area contributed by atoms with Crippen LogP contribution in [0.5, 0.6) is 0 Å². The lowest BCUT2D eigenvalue weighted by Gasteiger charge is -2.19. The third-order valence-corrected chi connectivity index (χ3v) is 5.41. The first-order chi connectivity index (χ1) is 13.7. The third-order valence-electron chi connectivity index (χ3n) is 4.59. The van der Waals surface area contributed by atoms with Gasteiger partial charge in [-0.15, -0.1) is 11.3 Å². The summed E-state index contributed by atoms with van der Waals surface area (Å²) in [4.78, 5) is 29.2. The number of benzene rings is 2. The quantitative estimate of drug-likeness (QED) is 0.634. The number of thiazole rings is 1. The summed E-state index contributed by atoms with van der Waals surface area (Å²) in [6.07, 6.45) is 1.76. The number of carbonyl (C=O) groups is 2. The lowest BCUT2D eigenvalue weighted by atomic mass is 9.86. The Hall–Kier alpha value is -2.99. The second-order valence-corrected chi connectivity index (χ2v) is 8.82. The van der Waals surface area contributed by atoms with Gasteiger partial charge in [0.2, 0.25) is 5.91 Å². The van der Waals surface area contributed by atoms with Gasteiger partial charge in [0.25, 0.3) is 5.91 Å². The molecular formula is C23H25N3O2S. The second kappa shape index (κ2) is 8.57. The molecule has 2 aromatic carbocycles. The van der Waals surface area contributed by atoms with Crippen molar-refractivity contribution < 1.29 is 9.59 Å². The number of nitrogens with zero attached hydrogens (tertiary/aromatic N) is 1. The van der Waals surface area contributed by atoms with Gasteiger partial charge in [-0.05, 0) is 54.3 Å². The summed E-state index contributed by atoms with van der Waals surface area (Å²) in [5.41, 5.74) is 3.38. The highest BCUT2D eigenvalue weighted by Crippen LogP contribution is 2.24. The van der Waals surface area contributed by atoms with Gasteiger partial charge in [0.15, 0.2) is 0 Å². The van der Waals surface area contributed by atoms with Crippen molar-refractivity contribution in [1.29, 1.82) is 0 Å². The standard InChI is InChI=1S/C23H25N3O2S/c1-15(25-21(28)16-5-9-18(10-6-16)23(2,3)4)20(27)26-19-11-7-17(8-12-19)22-24-13-14-29-22/h5-15H,1-4H3,(H,25,28)(H,26,27). The van der Waals surface area contributed by atoms with Crippen LogP contribution in [0.3, 0.4) is 0 Å². The molecule has 0 fully saturated rings. The first-order valence-electron chi connectivity index (χ1n) is 9.46. The number of amides is 2. The molecule has 1 atom stereocenters. The minimum absolute atomic E-state index is 0.0251. The fraction of sp³-hybridized carbons (Fsp3) is 0.261. The van der Waals surface area contributed by atoms with Crippen molar-refractivity contribution in [3.8, 4) is 10.6 Å². The van der Waals surface area contributed by atoms with Crippen LogP contribution in [0, 0.1) is 0 Å². The summed E-state index contributed by atoms with van der Waals surface area (Å²) in [6.45, 7) is 8.04. The van der Waals surface area contributed by atoms with Gasteiger partial charge in [0.05, 0.1) is 0 Å². The molecule has 0 aliphatic rings. The van der Waals surface area contributed by atoms with Crippen molar-refractivity contribution >= 4 is 28.8 Å². The van der Waals surface area contributed by atoms with Gasteiger partial charge in [0, 0.05) is 28.4 Å². The average Bonchev–Trinajstić information content (AvgIpc) is 3.22. The maximum atomic E-state index is 12.5. The highest BCUT2D eigenvalue weighted by atomic mass is 32.1. The molecule has 1 unspecified atom stereocenters. The number of anilines is 1. The van der Waals surface area contributed by atoms with Crippen molar-refractivity contribution in [2.24, 2.45) is 0 Å². The molecule has 0 saturated carbocycles. The van der Waals surface area contributed by atoms with Crippen molar-refractivity contribution in [2.75, 3.05) is 5.32 Å². The van der Waals surface area contributed by atoms with Crippen LogP contribution < -0.4 is 10.6 Å². The van der Waals surface area contributed by atoms with Crippen molar-refractivity contribution in [3.05, 3.63) is 71.2 Å². The van der Waals surface area contributed by atoms with Gasteiger partial charge in [-0.3, -0.25) is 9.59 Å². The van der Waals surface area contributed by atoms with E-state index in [9.17, 15) is 9.59 Å². The SMILES string of the molecule is CC(NC(=O)c1ccc(C(C)(C)C)cc1)C(=O)Nc1ccc(-c2nccs2)cc1. The van der Waals surface area contributed by atoms with E-state index in [1.54, 1.807) is 36.6 Å². The lowest BCUT2D eigenvalue weighted by molar-refractivity contribution is -0.117. The van der Waals surface area contributed by atoms with E-state index in [4.69, 9.17) is 0 Å². The fourth-order valence-electron chi connectivity index (χ4n) is 2.78. The van der Waals surface area contributed by atoms with Crippen molar-refractivity contribution in [1.82, 2.24) is 10.3 Å². The predicted molar refractivity (Wildman–Crippen MR) is 118 cm³/mol. The molecule has 0 bridgehead atoms. The van der Waals surface area contributed by atoms with Crippen LogP contribution in [0.25, 0.3) is 10.6 Å². The summed E-state index contributed by atoms with van der Waals surface area (Å²) in [7, 11) is 0. The average molecular weight is 408 g/mol. The van der Waals surface area contributed by atoms with E-state index in [0.29, 0.717) is 11.3 Å². The molecule has 0 saturated heterocycles. The van der Waals surface area contributed by atoms with E-state index in [1.807, 2.05) is 41.8 Å². The van der Waals surface area contributed by atoms with Crippen LogP contribution in [0.1, 0.15) is 43.6 Å². The first kappa shape index (κ1) is 20.7. The normalized spacial score (nSPS) is 12.3. The minimum Gasteiger partial charge on any atom is -0.341 e. The Morgan fingerprint density at radius 1 is 1.00 bits per heavy atom. The smallest absolute Gasteiger partial charge is 0.251 e. The maximum absolute atomic E-state index is 12.5. The van der Waals surface area contributed by atoms with Crippen LogP contribution in [-0.2, 0) is 10.2 Å². The lowest BCUT2D eigenvalue weighted by Crippen LogP contribution is -2.41. The highest BCUT2D eigenvalue weighted by molar-refractivity contribution is 7.13. The molecule has 3 rings (SSSR count). The zero-order valence-corrected chi connectivity index (χ0v) is 17.8. The molecule has 1 aromatic heterocycles. The van der Waals surface area contributed by atoms with E-state index < -0.39 is 6.04 Å². The molecule has 0 radical (unpaired) electrons. The first-order valence-corrected chi connectivity index (χ1v) is 10.3. The molecule has 6 heteroatoms. The molecule has 2 amide bonds. The Labute approximate surface area is 175 Å². The maximum Gasteiger partial charge on any atom is 0.251 e. The van der Waals surface area contributed by atoms with E-state index in [-0.39, 0.29) is 17.2 Å². The Bertz CT molecular complexity index is 972. The molecule has 0 aliphatic carbocycles. The summed E-state index contributed by atoms with van der Waals surface area (Å²) < 4.78 is 0. The zero-order valence-electron chi connectivity index (χ0n) is 17.0. The molecular weight excluding hydrogens is 382 g/mol. The number of aromatic nitrogens is 1. The summed E-state index contributed by atoms with van der Waals surface area (Å²) in [5.74, 6) is -0.543. The van der Waals surface area contributed by atoms with Crippen LogP contribution in [0.15, 0.2) is 60.1 Å². The van der Waals surface area contributed by atoms with E-state index in [0.717, 1.165) is 16.1 Å². The van der Waals surface area contributed by atoms with E-state index in [1.165, 1.54) is 0 Å². The minimum atomic E-state index is -0.663.